The van der Waals surface area contributed by atoms with E-state index in [1.807, 2.05) is 13.0 Å². The lowest BCUT2D eigenvalue weighted by atomic mass is 10.3. The van der Waals surface area contributed by atoms with Crippen LogP contribution >= 0.6 is 0 Å². The quantitative estimate of drug-likeness (QED) is 0.612. The molecule has 0 aromatic carbocycles. The van der Waals surface area contributed by atoms with Crippen molar-refractivity contribution in [1.82, 2.24) is 14.6 Å². The van der Waals surface area contributed by atoms with Gasteiger partial charge in [-0.2, -0.15) is 5.10 Å². The number of aromatic nitrogens is 3. The molecule has 13 heavy (non-hydrogen) atoms. The van der Waals surface area contributed by atoms with Gasteiger partial charge < -0.3 is 0 Å². The summed E-state index contributed by atoms with van der Waals surface area (Å²) in [5, 5.41) is 4.16. The van der Waals surface area contributed by atoms with E-state index in [0.717, 1.165) is 5.69 Å². The predicted molar refractivity (Wildman–Crippen MR) is 47.7 cm³/mol. The van der Waals surface area contributed by atoms with E-state index in [9.17, 15) is 4.79 Å². The minimum atomic E-state index is -0.0265. The number of carbonyl (C=O) groups is 1. The van der Waals surface area contributed by atoms with Crippen LogP contribution in [0.25, 0.3) is 5.65 Å². The van der Waals surface area contributed by atoms with Crippen molar-refractivity contribution in [3.05, 3.63) is 29.7 Å². The summed E-state index contributed by atoms with van der Waals surface area (Å²) in [7, 11) is 0. The van der Waals surface area contributed by atoms with Gasteiger partial charge in [0.1, 0.15) is 5.69 Å². The fraction of sp³-hybridized carbons (Fsp3) is 0.222. The number of carbonyl (C=O) groups excluding carboxylic acids is 1. The zero-order valence-corrected chi connectivity index (χ0v) is 7.48. The number of Topliss-reactive ketones (excluding diaryl/α,β-unsaturated/α-hetero) is 1. The maximum Gasteiger partial charge on any atom is 0.178 e. The van der Waals surface area contributed by atoms with Crippen LogP contribution in [0.1, 0.15) is 23.1 Å². The molecule has 0 amide bonds. The molecule has 66 valence electrons. The average molecular weight is 175 g/mol. The fourth-order valence-electron chi connectivity index (χ4n) is 1.19. The SMILES string of the molecule is CC(=O)c1ccn2nc(C)cc2n1. The summed E-state index contributed by atoms with van der Waals surface area (Å²) >= 11 is 0. The van der Waals surface area contributed by atoms with Gasteiger partial charge in [0.15, 0.2) is 11.4 Å². The minimum Gasteiger partial charge on any atom is -0.293 e. The highest BCUT2D eigenvalue weighted by atomic mass is 16.1. The summed E-state index contributed by atoms with van der Waals surface area (Å²) < 4.78 is 1.65. The van der Waals surface area contributed by atoms with Crippen molar-refractivity contribution in [2.24, 2.45) is 0 Å². The smallest absolute Gasteiger partial charge is 0.178 e. The molecule has 2 rings (SSSR count). The molecule has 0 saturated heterocycles. The van der Waals surface area contributed by atoms with E-state index >= 15 is 0 Å². The van der Waals surface area contributed by atoms with E-state index in [1.54, 1.807) is 16.8 Å². The Morgan fingerprint density at radius 1 is 1.54 bits per heavy atom. The van der Waals surface area contributed by atoms with Crippen molar-refractivity contribution < 1.29 is 4.79 Å². The Bertz CT molecular complexity index is 473. The molecule has 2 heterocycles. The first-order valence-electron chi connectivity index (χ1n) is 4.01. The topological polar surface area (TPSA) is 47.3 Å². The number of fused-ring (bicyclic) bond motifs is 1. The summed E-state index contributed by atoms with van der Waals surface area (Å²) in [5.41, 5.74) is 2.09. The van der Waals surface area contributed by atoms with Crippen molar-refractivity contribution in [3.8, 4) is 0 Å². The molecular weight excluding hydrogens is 166 g/mol. The standard InChI is InChI=1S/C9H9N3O/c1-6-5-9-10-8(7(2)13)3-4-12(9)11-6/h3-5H,1-2H3. The predicted octanol–water partition coefficient (Wildman–Crippen LogP) is 1.24. The Balaban J connectivity index is 2.67. The molecule has 0 unspecified atom stereocenters. The molecular formula is C9H9N3O. The van der Waals surface area contributed by atoms with Crippen LogP contribution < -0.4 is 0 Å². The lowest BCUT2D eigenvalue weighted by molar-refractivity contribution is 0.101. The fourth-order valence-corrected chi connectivity index (χ4v) is 1.19. The minimum absolute atomic E-state index is 0.0265. The molecule has 0 N–H and O–H groups in total. The maximum atomic E-state index is 11.0. The molecule has 0 aliphatic carbocycles. The third kappa shape index (κ3) is 1.30. The van der Waals surface area contributed by atoms with Crippen LogP contribution in [-0.4, -0.2) is 20.4 Å². The largest absolute Gasteiger partial charge is 0.293 e. The second kappa shape index (κ2) is 2.65. The molecule has 0 radical (unpaired) electrons. The van der Waals surface area contributed by atoms with Crippen LogP contribution in [0.4, 0.5) is 0 Å². The van der Waals surface area contributed by atoms with Crippen LogP contribution in [0.15, 0.2) is 18.3 Å². The zero-order chi connectivity index (χ0) is 9.42. The van der Waals surface area contributed by atoms with Gasteiger partial charge in [0.25, 0.3) is 0 Å². The number of nitrogens with zero attached hydrogens (tertiary/aromatic N) is 3. The Labute approximate surface area is 75.2 Å². The van der Waals surface area contributed by atoms with Crippen LogP contribution in [-0.2, 0) is 0 Å². The van der Waals surface area contributed by atoms with Gasteiger partial charge in [0, 0.05) is 19.2 Å². The average Bonchev–Trinajstić information content (AvgIpc) is 2.42. The number of rotatable bonds is 1. The third-order valence-electron chi connectivity index (χ3n) is 1.81. The van der Waals surface area contributed by atoms with Gasteiger partial charge in [0.2, 0.25) is 0 Å². The highest BCUT2D eigenvalue weighted by molar-refractivity contribution is 5.92. The van der Waals surface area contributed by atoms with Crippen molar-refractivity contribution >= 4 is 11.4 Å². The first kappa shape index (κ1) is 7.91. The summed E-state index contributed by atoms with van der Waals surface area (Å²) in [6.45, 7) is 3.39. The van der Waals surface area contributed by atoms with E-state index in [2.05, 4.69) is 10.1 Å². The zero-order valence-electron chi connectivity index (χ0n) is 7.48. The third-order valence-corrected chi connectivity index (χ3v) is 1.81. The van der Waals surface area contributed by atoms with E-state index in [1.165, 1.54) is 6.92 Å². The molecule has 0 aliphatic rings. The van der Waals surface area contributed by atoms with Gasteiger partial charge in [-0.3, -0.25) is 4.79 Å². The van der Waals surface area contributed by atoms with Crippen molar-refractivity contribution in [2.45, 2.75) is 13.8 Å². The summed E-state index contributed by atoms with van der Waals surface area (Å²) in [6, 6.07) is 3.51. The lowest BCUT2D eigenvalue weighted by Gasteiger charge is -1.94. The Morgan fingerprint density at radius 3 is 3.00 bits per heavy atom. The molecule has 0 aliphatic heterocycles. The van der Waals surface area contributed by atoms with Crippen LogP contribution in [0.2, 0.25) is 0 Å². The molecule has 0 bridgehead atoms. The normalized spacial score (nSPS) is 10.6. The van der Waals surface area contributed by atoms with Gasteiger partial charge >= 0.3 is 0 Å². The molecule has 0 atom stereocenters. The highest BCUT2D eigenvalue weighted by Gasteiger charge is 2.03. The van der Waals surface area contributed by atoms with Gasteiger partial charge in [0.05, 0.1) is 5.69 Å². The lowest BCUT2D eigenvalue weighted by Crippen LogP contribution is -1.99. The van der Waals surface area contributed by atoms with E-state index in [4.69, 9.17) is 0 Å². The molecule has 4 nitrogen and oxygen atoms in total. The van der Waals surface area contributed by atoms with E-state index in [-0.39, 0.29) is 5.78 Å². The molecule has 2 aromatic heterocycles. The number of aryl methyl sites for hydroxylation is 1. The van der Waals surface area contributed by atoms with E-state index < -0.39 is 0 Å². The highest BCUT2D eigenvalue weighted by Crippen LogP contribution is 2.04. The molecule has 0 fully saturated rings. The van der Waals surface area contributed by atoms with Crippen LogP contribution in [0.3, 0.4) is 0 Å². The molecule has 2 aromatic rings. The summed E-state index contributed by atoms with van der Waals surface area (Å²) in [6.07, 6.45) is 1.74. The van der Waals surface area contributed by atoms with Gasteiger partial charge in [-0.1, -0.05) is 0 Å². The van der Waals surface area contributed by atoms with Crippen LogP contribution in [0, 0.1) is 6.92 Å². The molecule has 4 heteroatoms. The first-order chi connectivity index (χ1) is 6.16. The summed E-state index contributed by atoms with van der Waals surface area (Å²) in [5.74, 6) is -0.0265. The Hall–Kier alpha value is -1.71. The van der Waals surface area contributed by atoms with Gasteiger partial charge in [-0.25, -0.2) is 9.50 Å². The van der Waals surface area contributed by atoms with Crippen molar-refractivity contribution in [1.29, 1.82) is 0 Å². The number of hydrogen-bond donors (Lipinski definition) is 0. The van der Waals surface area contributed by atoms with Crippen LogP contribution in [0.5, 0.6) is 0 Å². The first-order valence-corrected chi connectivity index (χ1v) is 4.01. The Morgan fingerprint density at radius 2 is 2.31 bits per heavy atom. The van der Waals surface area contributed by atoms with Gasteiger partial charge in [-0.15, -0.1) is 0 Å². The van der Waals surface area contributed by atoms with Crippen molar-refractivity contribution in [3.63, 3.8) is 0 Å². The number of ketones is 1. The second-order valence-electron chi connectivity index (χ2n) is 2.96. The molecule has 0 spiro atoms. The monoisotopic (exact) mass is 175 g/mol. The Kier molecular flexibility index (Phi) is 1.62. The maximum absolute atomic E-state index is 11.0. The van der Waals surface area contributed by atoms with Gasteiger partial charge in [-0.05, 0) is 13.0 Å². The summed E-state index contributed by atoms with van der Waals surface area (Å²) in [4.78, 5) is 15.2. The van der Waals surface area contributed by atoms with E-state index in [0.29, 0.717) is 11.3 Å². The number of hydrogen-bond acceptors (Lipinski definition) is 3. The van der Waals surface area contributed by atoms with Crippen molar-refractivity contribution in [2.75, 3.05) is 0 Å². The molecule has 0 saturated carbocycles. The second-order valence-corrected chi connectivity index (χ2v) is 2.96.